The molecule has 2 aliphatic carbocycles. The number of ether oxygens (including phenoxy) is 2. The molecule has 0 spiro atoms. The van der Waals surface area contributed by atoms with Gasteiger partial charge in [-0.3, -0.25) is 23.9 Å². The van der Waals surface area contributed by atoms with Gasteiger partial charge in [-0.1, -0.05) is 44.9 Å². The lowest BCUT2D eigenvalue weighted by molar-refractivity contribution is -0.159. The van der Waals surface area contributed by atoms with Crippen LogP contribution in [-0.2, 0) is 33.9 Å². The van der Waals surface area contributed by atoms with Crippen LogP contribution in [0.4, 0.5) is 0 Å². The summed E-state index contributed by atoms with van der Waals surface area (Å²) in [5.41, 5.74) is 2.48. The van der Waals surface area contributed by atoms with E-state index in [1.165, 1.54) is 11.3 Å². The molecule has 2 saturated carbocycles. The Morgan fingerprint density at radius 2 is 1.83 bits per heavy atom. The number of hydrogen-bond donors (Lipinski definition) is 1. The number of benzene rings is 1. The lowest BCUT2D eigenvalue weighted by Crippen LogP contribution is -2.47. The lowest BCUT2D eigenvalue weighted by Gasteiger charge is -2.29. The Labute approximate surface area is 358 Å². The molecule has 2 amide bonds. The molecule has 2 aliphatic heterocycles. The molecule has 4 heterocycles. The van der Waals surface area contributed by atoms with Gasteiger partial charge in [-0.2, -0.15) is 0 Å². The van der Waals surface area contributed by atoms with Gasteiger partial charge in [0.15, 0.2) is 5.78 Å². The summed E-state index contributed by atoms with van der Waals surface area (Å²) in [6.07, 6.45) is 7.92. The van der Waals surface area contributed by atoms with Gasteiger partial charge in [0.05, 0.1) is 40.4 Å². The first-order valence-electron chi connectivity index (χ1n) is 21.5. The molecule has 60 heavy (non-hydrogen) atoms. The smallest absolute Gasteiger partial charge is 0.307 e. The first-order valence-corrected chi connectivity index (χ1v) is 23.9. The second-order valence-corrected chi connectivity index (χ2v) is 22.2. The number of pyridine rings is 1. The molecule has 7 rings (SSSR count). The highest BCUT2D eigenvalue weighted by Crippen LogP contribution is 2.57. The predicted octanol–water partition coefficient (Wildman–Crippen LogP) is 8.28. The number of fused-ring (bicyclic) bond motifs is 3. The number of thiazole rings is 1. The molecule has 0 unspecified atom stereocenters. The van der Waals surface area contributed by atoms with Gasteiger partial charge < -0.3 is 14.4 Å². The zero-order valence-corrected chi connectivity index (χ0v) is 37.9. The van der Waals surface area contributed by atoms with Crippen LogP contribution in [0.25, 0.3) is 21.6 Å². The van der Waals surface area contributed by atoms with Crippen molar-refractivity contribution in [3.8, 4) is 16.5 Å². The van der Waals surface area contributed by atoms with Gasteiger partial charge in [0.2, 0.25) is 21.8 Å². The first-order chi connectivity index (χ1) is 28.2. The molecule has 1 saturated heterocycles. The number of amides is 2. The summed E-state index contributed by atoms with van der Waals surface area (Å²) in [5, 5.41) is 3.59. The third-order valence-electron chi connectivity index (χ3n) is 12.9. The number of aryl methyl sites for hydroxylation is 2. The fourth-order valence-electron chi connectivity index (χ4n) is 8.56. The molecule has 12 nitrogen and oxygen atoms in total. The van der Waals surface area contributed by atoms with Crippen LogP contribution in [0.2, 0.25) is 0 Å². The van der Waals surface area contributed by atoms with Crippen LogP contribution in [0, 0.1) is 31.1 Å². The molecule has 324 valence electrons. The summed E-state index contributed by atoms with van der Waals surface area (Å²) in [6.45, 7) is 15.3. The monoisotopic (exact) mass is 860 g/mol. The van der Waals surface area contributed by atoms with Gasteiger partial charge >= 0.3 is 5.97 Å². The van der Waals surface area contributed by atoms with E-state index in [1.807, 2.05) is 49.6 Å². The van der Waals surface area contributed by atoms with E-state index in [9.17, 15) is 27.6 Å². The van der Waals surface area contributed by atoms with Crippen molar-refractivity contribution in [1.29, 1.82) is 0 Å². The third-order valence-corrected chi connectivity index (χ3v) is 15.9. The van der Waals surface area contributed by atoms with E-state index in [2.05, 4.69) is 18.6 Å². The molecular formula is C46H60N4O8S2. The number of sulfonamides is 1. The molecule has 1 aromatic carbocycles. The van der Waals surface area contributed by atoms with Crippen LogP contribution < -0.4 is 9.46 Å². The van der Waals surface area contributed by atoms with E-state index in [0.29, 0.717) is 43.5 Å². The van der Waals surface area contributed by atoms with Gasteiger partial charge in [0.25, 0.3) is 0 Å². The van der Waals surface area contributed by atoms with Crippen molar-refractivity contribution >= 4 is 55.8 Å². The number of Topliss-reactive ketones (excluding diaryl/α,β-unsaturated/α-hetero) is 1. The largest absolute Gasteiger partial charge is 0.488 e. The highest BCUT2D eigenvalue weighted by Gasteiger charge is 2.62. The maximum Gasteiger partial charge on any atom is 0.307 e. The number of aromatic nitrogens is 2. The Morgan fingerprint density at radius 3 is 2.52 bits per heavy atom. The molecule has 0 bridgehead atoms. The lowest BCUT2D eigenvalue weighted by atomic mass is 9.90. The van der Waals surface area contributed by atoms with Gasteiger partial charge in [-0.25, -0.2) is 18.4 Å². The van der Waals surface area contributed by atoms with E-state index in [4.69, 9.17) is 19.4 Å². The molecule has 3 aromatic rings. The second-order valence-electron chi connectivity index (χ2n) is 19.2. The van der Waals surface area contributed by atoms with Crippen molar-refractivity contribution in [2.24, 2.45) is 17.3 Å². The van der Waals surface area contributed by atoms with Crippen LogP contribution >= 0.6 is 11.3 Å². The number of allylic oxidation sites excluding steroid dienone is 2. The minimum absolute atomic E-state index is 0.0774. The van der Waals surface area contributed by atoms with Crippen molar-refractivity contribution < 1.29 is 37.1 Å². The highest BCUT2D eigenvalue weighted by molar-refractivity contribution is 7.91. The molecular weight excluding hydrogens is 801 g/mol. The highest BCUT2D eigenvalue weighted by atomic mass is 32.2. The maximum absolute atomic E-state index is 14.8. The minimum Gasteiger partial charge on any atom is -0.488 e. The van der Waals surface area contributed by atoms with Crippen LogP contribution in [0.1, 0.15) is 135 Å². The average Bonchev–Trinajstić information content (AvgIpc) is 3.94. The third kappa shape index (κ3) is 9.19. The Hall–Kier alpha value is -4.17. The Kier molecular flexibility index (Phi) is 12.1. The standard InChI is InChI=1S/C46H60N4O8S2/c1-27(2)35-26-59-41(48-35)34-22-38(33-17-16-28(3)29(4)40(33)47-34)57-32-21-36-37(51)24-46(43(54)49-60(55,56)45(8)18-19-45)23-31(46)15-13-11-9-10-12-14-30(42(53)50(36)25-32)20-39(52)58-44(5,6)7/h13,15-17,22,26-27,30-32,36H,9-12,14,18-21,23-25H2,1-8H3,(H,49,54)/b15-13-/t30-,31+,32-,36+,46-/m1/s1. The Morgan fingerprint density at radius 1 is 1.08 bits per heavy atom. The number of carbonyl (C=O) groups excluding carboxylic acids is 4. The van der Waals surface area contributed by atoms with E-state index in [1.54, 1.807) is 32.6 Å². The normalized spacial score (nSPS) is 26.4. The Bertz CT molecular complexity index is 2320. The summed E-state index contributed by atoms with van der Waals surface area (Å²) in [7, 11) is -3.95. The molecule has 14 heteroatoms. The molecule has 5 atom stereocenters. The fourth-order valence-corrected chi connectivity index (χ4v) is 10.8. The summed E-state index contributed by atoms with van der Waals surface area (Å²) in [5.74, 6) is -2.07. The van der Waals surface area contributed by atoms with Gasteiger partial charge in [0, 0.05) is 35.6 Å². The van der Waals surface area contributed by atoms with Crippen LogP contribution in [-0.4, -0.2) is 75.9 Å². The predicted molar refractivity (Wildman–Crippen MR) is 232 cm³/mol. The number of esters is 1. The zero-order chi connectivity index (χ0) is 43.4. The number of rotatable bonds is 9. The van der Waals surface area contributed by atoms with Crippen molar-refractivity contribution in [3.05, 3.63) is 52.6 Å². The second kappa shape index (κ2) is 16.6. The van der Waals surface area contributed by atoms with Gasteiger partial charge in [-0.05, 0) is 109 Å². The summed E-state index contributed by atoms with van der Waals surface area (Å²) >= 11 is 1.52. The Balaban J connectivity index is 1.24. The summed E-state index contributed by atoms with van der Waals surface area (Å²) in [4.78, 5) is 68.5. The zero-order valence-electron chi connectivity index (χ0n) is 36.3. The fraction of sp³-hybridized carbons (Fsp3) is 0.609. The van der Waals surface area contributed by atoms with E-state index in [0.717, 1.165) is 52.0 Å². The molecule has 4 aliphatic rings. The topological polar surface area (TPSA) is 162 Å². The first kappa shape index (κ1) is 43.9. The van der Waals surface area contributed by atoms with Crippen molar-refractivity contribution in [2.75, 3.05) is 6.54 Å². The number of carbonyl (C=O) groups is 4. The SMILES string of the molecule is Cc1ccc2c(O[C@@H]3C[C@H]4C(=O)C[C@]5(C(=O)NS(=O)(=O)C6(C)CC6)C[C@@H]5/C=C\CCCCC[C@H](CC(=O)OC(C)(C)C)C(=O)N4C3)cc(-c3nc(C(C)C)cs3)nc2c1C. The number of ketones is 1. The van der Waals surface area contributed by atoms with Crippen LogP contribution in [0.3, 0.4) is 0 Å². The molecule has 0 radical (unpaired) electrons. The number of nitrogens with zero attached hydrogens (tertiary/aromatic N) is 3. The van der Waals surface area contributed by atoms with E-state index >= 15 is 0 Å². The molecule has 1 N–H and O–H groups in total. The maximum atomic E-state index is 14.8. The quantitative estimate of drug-likeness (QED) is 0.164. The van der Waals surface area contributed by atoms with E-state index < -0.39 is 55.7 Å². The van der Waals surface area contributed by atoms with Crippen molar-refractivity contribution in [1.82, 2.24) is 19.6 Å². The van der Waals surface area contributed by atoms with Crippen molar-refractivity contribution in [3.63, 3.8) is 0 Å². The van der Waals surface area contributed by atoms with Gasteiger partial charge in [-0.15, -0.1) is 11.3 Å². The van der Waals surface area contributed by atoms with Crippen molar-refractivity contribution in [2.45, 2.75) is 154 Å². The minimum atomic E-state index is -3.95. The molecule has 3 fully saturated rings. The summed E-state index contributed by atoms with van der Waals surface area (Å²) < 4.78 is 40.5. The number of nitrogens with one attached hydrogen (secondary N) is 1. The van der Waals surface area contributed by atoms with Crippen LogP contribution in [0.15, 0.2) is 35.7 Å². The average molecular weight is 861 g/mol. The van der Waals surface area contributed by atoms with E-state index in [-0.39, 0.29) is 49.3 Å². The molecule has 2 aromatic heterocycles. The number of hydrogen-bond acceptors (Lipinski definition) is 11. The summed E-state index contributed by atoms with van der Waals surface area (Å²) in [6, 6.07) is 4.91. The van der Waals surface area contributed by atoms with Crippen LogP contribution in [0.5, 0.6) is 5.75 Å². The van der Waals surface area contributed by atoms with Gasteiger partial charge in [0.1, 0.15) is 28.2 Å².